The van der Waals surface area contributed by atoms with E-state index in [9.17, 15) is 9.90 Å². The number of amides is 1. The molecular formula is C34H42N2O5. The van der Waals surface area contributed by atoms with Crippen molar-refractivity contribution in [3.63, 3.8) is 0 Å². The molecule has 1 N–H and O–H groups in total. The molecule has 3 aromatic rings. The number of likely N-dealkylation sites (tertiary alicyclic amines) is 2. The van der Waals surface area contributed by atoms with Gasteiger partial charge in [-0.2, -0.15) is 0 Å². The molecule has 2 fully saturated rings. The molecule has 0 saturated carbocycles. The van der Waals surface area contributed by atoms with Gasteiger partial charge in [0.15, 0.2) is 0 Å². The monoisotopic (exact) mass is 558 g/mol. The van der Waals surface area contributed by atoms with Crippen LogP contribution in [0.15, 0.2) is 91.0 Å². The van der Waals surface area contributed by atoms with Crippen molar-refractivity contribution in [2.75, 3.05) is 26.2 Å². The van der Waals surface area contributed by atoms with E-state index in [2.05, 4.69) is 48.2 Å². The Bertz CT molecular complexity index is 1200. The Morgan fingerprint density at radius 1 is 0.756 bits per heavy atom. The highest BCUT2D eigenvalue weighted by Crippen LogP contribution is 2.30. The fraction of sp³-hybridized carbons (Fsp3) is 0.441. The van der Waals surface area contributed by atoms with Crippen LogP contribution in [0.1, 0.15) is 36.5 Å². The molecule has 0 radical (unpaired) electrons. The lowest BCUT2D eigenvalue weighted by molar-refractivity contribution is -0.202. The van der Waals surface area contributed by atoms with Crippen LogP contribution in [0.4, 0.5) is 4.79 Å². The highest BCUT2D eigenvalue weighted by atomic mass is 16.6. The number of hydrogen-bond donors (Lipinski definition) is 1. The van der Waals surface area contributed by atoms with E-state index in [4.69, 9.17) is 14.2 Å². The van der Waals surface area contributed by atoms with E-state index in [1.165, 1.54) is 0 Å². The second kappa shape index (κ2) is 14.6. The van der Waals surface area contributed by atoms with Crippen molar-refractivity contribution in [3.8, 4) is 0 Å². The lowest BCUT2D eigenvalue weighted by atomic mass is 9.90. The van der Waals surface area contributed by atoms with Crippen molar-refractivity contribution in [1.82, 2.24) is 9.80 Å². The largest absolute Gasteiger partial charge is 0.465 e. The topological polar surface area (TPSA) is 71.5 Å². The third-order valence-corrected chi connectivity index (χ3v) is 8.32. The summed E-state index contributed by atoms with van der Waals surface area (Å²) < 4.78 is 20.0. The van der Waals surface area contributed by atoms with Crippen LogP contribution in [0.2, 0.25) is 0 Å². The summed E-state index contributed by atoms with van der Waals surface area (Å²) in [5.41, 5.74) is 3.34. The van der Waals surface area contributed by atoms with Crippen LogP contribution < -0.4 is 0 Å². The zero-order valence-corrected chi connectivity index (χ0v) is 23.9. The van der Waals surface area contributed by atoms with E-state index < -0.39 is 6.09 Å². The normalized spacial score (nSPS) is 25.2. The first-order valence-electron chi connectivity index (χ1n) is 14.8. The molecule has 2 aliphatic heterocycles. The second-order valence-corrected chi connectivity index (χ2v) is 11.3. The van der Waals surface area contributed by atoms with E-state index in [1.807, 2.05) is 54.6 Å². The van der Waals surface area contributed by atoms with Crippen LogP contribution in [0.5, 0.6) is 0 Å². The van der Waals surface area contributed by atoms with Gasteiger partial charge in [0.1, 0.15) is 12.2 Å². The minimum Gasteiger partial charge on any atom is -0.465 e. The molecule has 3 aromatic carbocycles. The first kappa shape index (κ1) is 29.3. The molecule has 41 heavy (non-hydrogen) atoms. The highest BCUT2D eigenvalue weighted by Gasteiger charge is 2.44. The van der Waals surface area contributed by atoms with Gasteiger partial charge < -0.3 is 24.2 Å². The molecule has 5 rings (SSSR count). The number of ether oxygens (including phenoxy) is 3. The standard InChI is InChI=1S/C34H42N2O5/c1-26-32(40-24-28-14-7-3-8-15-28)33(41-25-29-16-9-4-10-17-29)31(39-23-27-12-5-2-6-13-27)22-36(26)21-30-18-11-19-35(20-30)34(37)38/h2-10,12-17,26,30-33H,11,18-25H2,1H3,(H,37,38)/t26-,30+,31+,32-,33-/m1/s1. The zero-order valence-electron chi connectivity index (χ0n) is 23.9. The van der Waals surface area contributed by atoms with Crippen LogP contribution in [0.3, 0.4) is 0 Å². The molecule has 0 aromatic heterocycles. The lowest BCUT2D eigenvalue weighted by Gasteiger charge is -2.48. The van der Waals surface area contributed by atoms with Gasteiger partial charge >= 0.3 is 6.09 Å². The van der Waals surface area contributed by atoms with Crippen molar-refractivity contribution in [3.05, 3.63) is 108 Å². The Morgan fingerprint density at radius 3 is 1.80 bits per heavy atom. The predicted octanol–water partition coefficient (Wildman–Crippen LogP) is 5.84. The SMILES string of the molecule is C[C@@H]1[C@@H](OCc2ccccc2)[C@H](OCc2ccccc2)[C@@H](OCc2ccccc2)CN1C[C@H]1CCCN(C(=O)O)C1. The number of carboxylic acid groups (broad SMARTS) is 1. The number of carbonyl (C=O) groups is 1. The smallest absolute Gasteiger partial charge is 0.407 e. The fourth-order valence-electron chi connectivity index (χ4n) is 6.05. The molecule has 0 bridgehead atoms. The first-order chi connectivity index (χ1) is 20.1. The Kier molecular flexibility index (Phi) is 10.4. The minimum absolute atomic E-state index is 0.0660. The molecule has 0 spiro atoms. The average molecular weight is 559 g/mol. The molecule has 7 heteroatoms. The summed E-state index contributed by atoms with van der Waals surface area (Å²) >= 11 is 0. The van der Waals surface area contributed by atoms with E-state index >= 15 is 0 Å². The summed E-state index contributed by atoms with van der Waals surface area (Å²) in [7, 11) is 0. The summed E-state index contributed by atoms with van der Waals surface area (Å²) in [6.07, 6.45) is 0.373. The molecule has 1 amide bonds. The lowest BCUT2D eigenvalue weighted by Crippen LogP contribution is -2.63. The third kappa shape index (κ3) is 8.17. The van der Waals surface area contributed by atoms with Crippen molar-refractivity contribution in [1.29, 1.82) is 0 Å². The second-order valence-electron chi connectivity index (χ2n) is 11.3. The van der Waals surface area contributed by atoms with Crippen molar-refractivity contribution < 1.29 is 24.1 Å². The fourth-order valence-corrected chi connectivity index (χ4v) is 6.05. The number of piperidine rings is 2. The molecular weight excluding hydrogens is 516 g/mol. The molecule has 2 aliphatic rings. The molecule has 2 saturated heterocycles. The van der Waals surface area contributed by atoms with Gasteiger partial charge in [-0.25, -0.2) is 4.79 Å². The molecule has 0 unspecified atom stereocenters. The van der Waals surface area contributed by atoms with Gasteiger partial charge in [0.2, 0.25) is 0 Å². The number of benzene rings is 3. The minimum atomic E-state index is -0.830. The summed E-state index contributed by atoms with van der Waals surface area (Å²) in [6, 6.07) is 30.8. The van der Waals surface area contributed by atoms with Gasteiger partial charge in [-0.05, 0) is 42.4 Å². The van der Waals surface area contributed by atoms with Gasteiger partial charge in [0.05, 0.1) is 25.9 Å². The number of hydrogen-bond acceptors (Lipinski definition) is 5. The maximum atomic E-state index is 11.7. The number of nitrogens with zero attached hydrogens (tertiary/aromatic N) is 2. The van der Waals surface area contributed by atoms with Gasteiger partial charge in [-0.3, -0.25) is 4.90 Å². The predicted molar refractivity (Wildman–Crippen MR) is 158 cm³/mol. The van der Waals surface area contributed by atoms with Crippen LogP contribution in [-0.2, 0) is 34.0 Å². The summed E-state index contributed by atoms with van der Waals surface area (Å²) in [4.78, 5) is 15.7. The van der Waals surface area contributed by atoms with Gasteiger partial charge in [0, 0.05) is 32.2 Å². The van der Waals surface area contributed by atoms with Crippen LogP contribution in [-0.4, -0.2) is 71.5 Å². The Balaban J connectivity index is 1.37. The number of rotatable bonds is 11. The van der Waals surface area contributed by atoms with Crippen molar-refractivity contribution in [2.24, 2.45) is 5.92 Å². The van der Waals surface area contributed by atoms with Crippen molar-refractivity contribution in [2.45, 2.75) is 63.9 Å². The van der Waals surface area contributed by atoms with Gasteiger partial charge in [-0.15, -0.1) is 0 Å². The molecule has 7 nitrogen and oxygen atoms in total. The van der Waals surface area contributed by atoms with Crippen LogP contribution >= 0.6 is 0 Å². The van der Waals surface area contributed by atoms with E-state index in [-0.39, 0.29) is 30.3 Å². The average Bonchev–Trinajstić information content (AvgIpc) is 3.01. The molecule has 5 atom stereocenters. The van der Waals surface area contributed by atoms with E-state index in [0.717, 1.165) is 36.1 Å². The van der Waals surface area contributed by atoms with Crippen LogP contribution in [0.25, 0.3) is 0 Å². The first-order valence-corrected chi connectivity index (χ1v) is 14.8. The van der Waals surface area contributed by atoms with Crippen LogP contribution in [0, 0.1) is 5.92 Å². The summed E-state index contributed by atoms with van der Waals surface area (Å²) in [5, 5.41) is 9.60. The van der Waals surface area contributed by atoms with E-state index in [0.29, 0.717) is 39.5 Å². The van der Waals surface area contributed by atoms with E-state index in [1.54, 1.807) is 4.90 Å². The Labute approximate surface area is 243 Å². The van der Waals surface area contributed by atoms with Gasteiger partial charge in [-0.1, -0.05) is 91.0 Å². The summed E-state index contributed by atoms with van der Waals surface area (Å²) in [5.74, 6) is 0.272. The quantitative estimate of drug-likeness (QED) is 0.319. The Morgan fingerprint density at radius 2 is 1.27 bits per heavy atom. The molecule has 2 heterocycles. The maximum Gasteiger partial charge on any atom is 0.407 e. The Hall–Kier alpha value is -3.23. The molecule has 0 aliphatic carbocycles. The van der Waals surface area contributed by atoms with Crippen molar-refractivity contribution >= 4 is 6.09 Å². The highest BCUT2D eigenvalue weighted by molar-refractivity contribution is 5.65. The summed E-state index contributed by atoms with van der Waals surface area (Å²) in [6.45, 7) is 6.33. The third-order valence-electron chi connectivity index (χ3n) is 8.32. The van der Waals surface area contributed by atoms with Gasteiger partial charge in [0.25, 0.3) is 0 Å². The molecule has 218 valence electrons. The maximum absolute atomic E-state index is 11.7. The zero-order chi connectivity index (χ0) is 28.4.